The second kappa shape index (κ2) is 10.6. The second-order valence-corrected chi connectivity index (χ2v) is 7.57. The van der Waals surface area contributed by atoms with Crippen molar-refractivity contribution in [3.8, 4) is 11.5 Å². The fourth-order valence-electron chi connectivity index (χ4n) is 2.44. The van der Waals surface area contributed by atoms with E-state index in [-0.39, 0.29) is 28.9 Å². The van der Waals surface area contributed by atoms with Crippen molar-refractivity contribution in [2.24, 2.45) is 5.92 Å². The van der Waals surface area contributed by atoms with Crippen molar-refractivity contribution in [3.05, 3.63) is 48.0 Å². The normalized spacial score (nSPS) is 10.5. The van der Waals surface area contributed by atoms with Crippen molar-refractivity contribution >= 4 is 40.5 Å². The molecule has 2 amide bonds. The van der Waals surface area contributed by atoms with Crippen LogP contribution in [0.2, 0.25) is 0 Å². The molecule has 0 atom stereocenters. The van der Waals surface area contributed by atoms with Crippen molar-refractivity contribution in [1.82, 2.24) is 5.32 Å². The van der Waals surface area contributed by atoms with Crippen LogP contribution in [0.5, 0.6) is 11.5 Å². The molecule has 0 saturated carbocycles. The van der Waals surface area contributed by atoms with Gasteiger partial charge in [0.15, 0.2) is 5.11 Å². The Morgan fingerprint density at radius 2 is 1.63 bits per heavy atom. The Kier molecular flexibility index (Phi) is 8.17. The molecule has 160 valence electrons. The van der Waals surface area contributed by atoms with Gasteiger partial charge in [0, 0.05) is 23.2 Å². The molecule has 2 aromatic carbocycles. The van der Waals surface area contributed by atoms with Gasteiger partial charge < -0.3 is 20.1 Å². The van der Waals surface area contributed by atoms with Crippen LogP contribution in [0, 0.1) is 5.92 Å². The van der Waals surface area contributed by atoms with Gasteiger partial charge in [-0.1, -0.05) is 13.8 Å². The lowest BCUT2D eigenvalue weighted by Crippen LogP contribution is -2.34. The number of hydrogen-bond donors (Lipinski definition) is 3. The van der Waals surface area contributed by atoms with Crippen LogP contribution in [0.1, 0.15) is 38.1 Å². The zero-order valence-corrected chi connectivity index (χ0v) is 18.6. The van der Waals surface area contributed by atoms with Gasteiger partial charge in [-0.2, -0.15) is 0 Å². The molecule has 0 spiro atoms. The van der Waals surface area contributed by atoms with Gasteiger partial charge in [-0.15, -0.1) is 0 Å². The van der Waals surface area contributed by atoms with E-state index in [0.717, 1.165) is 0 Å². The van der Waals surface area contributed by atoms with E-state index in [1.807, 2.05) is 27.7 Å². The first-order valence-electron chi connectivity index (χ1n) is 9.57. The molecule has 0 bridgehead atoms. The Morgan fingerprint density at radius 3 is 2.20 bits per heavy atom. The van der Waals surface area contributed by atoms with Crippen molar-refractivity contribution < 1.29 is 19.1 Å². The lowest BCUT2D eigenvalue weighted by molar-refractivity contribution is -0.118. The number of ether oxygens (including phenoxy) is 2. The zero-order chi connectivity index (χ0) is 22.3. The van der Waals surface area contributed by atoms with Gasteiger partial charge >= 0.3 is 0 Å². The molecule has 0 radical (unpaired) electrons. The third-order valence-electron chi connectivity index (χ3n) is 3.96. The summed E-state index contributed by atoms with van der Waals surface area (Å²) in [7, 11) is 1.51. The number of anilines is 2. The first kappa shape index (κ1) is 23.2. The largest absolute Gasteiger partial charge is 0.494 e. The highest BCUT2D eigenvalue weighted by atomic mass is 32.1. The highest BCUT2D eigenvalue weighted by Gasteiger charge is 2.13. The van der Waals surface area contributed by atoms with E-state index in [9.17, 15) is 9.59 Å². The fraction of sp³-hybridized carbons (Fsp3) is 0.318. The van der Waals surface area contributed by atoms with Gasteiger partial charge in [-0.05, 0) is 62.5 Å². The Labute approximate surface area is 182 Å². The van der Waals surface area contributed by atoms with Crippen molar-refractivity contribution in [3.63, 3.8) is 0 Å². The Morgan fingerprint density at radius 1 is 0.967 bits per heavy atom. The van der Waals surface area contributed by atoms with Gasteiger partial charge in [0.1, 0.15) is 11.5 Å². The smallest absolute Gasteiger partial charge is 0.257 e. The molecule has 0 aromatic heterocycles. The summed E-state index contributed by atoms with van der Waals surface area (Å²) in [6, 6.07) is 11.9. The summed E-state index contributed by atoms with van der Waals surface area (Å²) in [5.74, 6) is 0.571. The molecule has 2 aromatic rings. The predicted molar refractivity (Wildman–Crippen MR) is 122 cm³/mol. The molecule has 30 heavy (non-hydrogen) atoms. The van der Waals surface area contributed by atoms with E-state index in [4.69, 9.17) is 21.7 Å². The van der Waals surface area contributed by atoms with Crippen LogP contribution in [0.25, 0.3) is 0 Å². The standard InChI is InChI=1S/C22H27N3O4S/c1-13(2)20(26)24-18-11-8-16(12-19(18)28-5)23-22(30)25-21(27)15-6-9-17(10-7-15)29-14(3)4/h6-14H,1-5H3,(H,24,26)(H2,23,25,27,30). The molecule has 0 aliphatic carbocycles. The molecule has 7 nitrogen and oxygen atoms in total. The summed E-state index contributed by atoms with van der Waals surface area (Å²) in [4.78, 5) is 24.3. The second-order valence-electron chi connectivity index (χ2n) is 7.16. The van der Waals surface area contributed by atoms with E-state index in [2.05, 4.69) is 16.0 Å². The minimum absolute atomic E-state index is 0.0588. The maximum absolute atomic E-state index is 12.4. The van der Waals surface area contributed by atoms with E-state index >= 15 is 0 Å². The van der Waals surface area contributed by atoms with Crippen LogP contribution < -0.4 is 25.4 Å². The van der Waals surface area contributed by atoms with Crippen LogP contribution in [0.15, 0.2) is 42.5 Å². The highest BCUT2D eigenvalue weighted by Crippen LogP contribution is 2.28. The first-order valence-corrected chi connectivity index (χ1v) is 9.98. The first-order chi connectivity index (χ1) is 14.2. The average molecular weight is 430 g/mol. The van der Waals surface area contributed by atoms with Crippen LogP contribution in [-0.2, 0) is 4.79 Å². The summed E-state index contributed by atoms with van der Waals surface area (Å²) in [6.45, 7) is 7.49. The number of thiocarbonyl (C=S) groups is 1. The quantitative estimate of drug-likeness (QED) is 0.572. The Bertz CT molecular complexity index is 911. The van der Waals surface area contributed by atoms with Crippen LogP contribution in [0.4, 0.5) is 11.4 Å². The van der Waals surface area contributed by atoms with E-state index < -0.39 is 0 Å². The zero-order valence-electron chi connectivity index (χ0n) is 17.7. The molecular weight excluding hydrogens is 402 g/mol. The molecule has 0 aliphatic rings. The molecule has 2 rings (SSSR count). The molecule has 0 aliphatic heterocycles. The van der Waals surface area contributed by atoms with Crippen molar-refractivity contribution in [2.75, 3.05) is 17.7 Å². The number of amides is 2. The number of benzene rings is 2. The summed E-state index contributed by atoms with van der Waals surface area (Å²) in [5.41, 5.74) is 1.63. The minimum Gasteiger partial charge on any atom is -0.494 e. The highest BCUT2D eigenvalue weighted by molar-refractivity contribution is 7.80. The van der Waals surface area contributed by atoms with E-state index in [0.29, 0.717) is 28.4 Å². The van der Waals surface area contributed by atoms with Crippen LogP contribution in [0.3, 0.4) is 0 Å². The van der Waals surface area contributed by atoms with E-state index in [1.165, 1.54) is 7.11 Å². The SMILES string of the molecule is COc1cc(NC(=S)NC(=O)c2ccc(OC(C)C)cc2)ccc1NC(=O)C(C)C. The lowest BCUT2D eigenvalue weighted by Gasteiger charge is -2.15. The summed E-state index contributed by atoms with van der Waals surface area (Å²) in [5, 5.41) is 8.52. The number of methoxy groups -OCH3 is 1. The maximum Gasteiger partial charge on any atom is 0.257 e. The molecular formula is C22H27N3O4S. The molecule has 0 saturated heterocycles. The Hall–Kier alpha value is -3.13. The maximum atomic E-state index is 12.4. The molecule has 8 heteroatoms. The third-order valence-corrected chi connectivity index (χ3v) is 4.16. The summed E-state index contributed by atoms with van der Waals surface area (Å²) < 4.78 is 10.9. The fourth-order valence-corrected chi connectivity index (χ4v) is 2.65. The van der Waals surface area contributed by atoms with Crippen LogP contribution >= 0.6 is 12.2 Å². The van der Waals surface area contributed by atoms with Gasteiger partial charge in [0.25, 0.3) is 5.91 Å². The van der Waals surface area contributed by atoms with Gasteiger partial charge in [-0.25, -0.2) is 0 Å². The minimum atomic E-state index is -0.337. The lowest BCUT2D eigenvalue weighted by atomic mass is 10.2. The number of hydrogen-bond acceptors (Lipinski definition) is 5. The van der Waals surface area contributed by atoms with E-state index in [1.54, 1.807) is 42.5 Å². The van der Waals surface area contributed by atoms with Crippen molar-refractivity contribution in [2.45, 2.75) is 33.8 Å². The van der Waals surface area contributed by atoms with Gasteiger partial charge in [-0.3, -0.25) is 14.9 Å². The predicted octanol–water partition coefficient (Wildman–Crippen LogP) is 4.20. The molecule has 0 fully saturated rings. The topological polar surface area (TPSA) is 88.7 Å². The van der Waals surface area contributed by atoms with Gasteiger partial charge in [0.2, 0.25) is 5.91 Å². The Balaban J connectivity index is 2.00. The number of carbonyl (C=O) groups is 2. The van der Waals surface area contributed by atoms with Crippen LogP contribution in [-0.4, -0.2) is 30.1 Å². The molecule has 3 N–H and O–H groups in total. The number of nitrogens with one attached hydrogen (secondary N) is 3. The monoisotopic (exact) mass is 429 g/mol. The summed E-state index contributed by atoms with van der Waals surface area (Å²) in [6.07, 6.45) is 0.0588. The number of rotatable bonds is 7. The average Bonchev–Trinajstić information content (AvgIpc) is 2.68. The number of carbonyl (C=O) groups excluding carboxylic acids is 2. The van der Waals surface area contributed by atoms with Gasteiger partial charge in [0.05, 0.1) is 18.9 Å². The molecule has 0 heterocycles. The third kappa shape index (κ3) is 6.73. The molecule has 0 unspecified atom stereocenters. The summed E-state index contributed by atoms with van der Waals surface area (Å²) >= 11 is 5.23. The van der Waals surface area contributed by atoms with Crippen molar-refractivity contribution in [1.29, 1.82) is 0 Å².